The first-order valence-corrected chi connectivity index (χ1v) is 7.35. The summed E-state index contributed by atoms with van der Waals surface area (Å²) in [4.78, 5) is 4.09. The van der Waals surface area contributed by atoms with Gasteiger partial charge in [0.1, 0.15) is 0 Å². The van der Waals surface area contributed by atoms with Crippen molar-refractivity contribution in [3.05, 3.63) is 66.0 Å². The summed E-state index contributed by atoms with van der Waals surface area (Å²) < 4.78 is 0. The topological polar surface area (TPSA) is 12.9 Å². The molecule has 1 aromatic heterocycles. The number of hydrogen-bond acceptors (Lipinski definition) is 1. The molecular weight excluding hydrogens is 266 g/mol. The number of pyridine rings is 1. The smallest absolute Gasteiger partial charge is 0.0270 e. The highest BCUT2D eigenvalue weighted by atomic mass is 35.5. The van der Waals surface area contributed by atoms with E-state index in [0.29, 0.717) is 0 Å². The van der Waals surface area contributed by atoms with Gasteiger partial charge < -0.3 is 0 Å². The van der Waals surface area contributed by atoms with Crippen LogP contribution in [0.15, 0.2) is 54.9 Å². The minimum absolute atomic E-state index is 0. The van der Waals surface area contributed by atoms with Gasteiger partial charge in [0.25, 0.3) is 0 Å². The molecule has 1 aliphatic rings. The van der Waals surface area contributed by atoms with Gasteiger partial charge in [-0.15, -0.1) is 12.4 Å². The molecule has 1 aromatic carbocycles. The highest BCUT2D eigenvalue weighted by molar-refractivity contribution is 5.85. The Kier molecular flexibility index (Phi) is 5.60. The maximum atomic E-state index is 4.09. The Hall–Kier alpha value is -1.34. The zero-order chi connectivity index (χ0) is 12.9. The van der Waals surface area contributed by atoms with E-state index in [4.69, 9.17) is 0 Å². The third kappa shape index (κ3) is 3.83. The third-order valence-corrected chi connectivity index (χ3v) is 4.39. The van der Waals surface area contributed by atoms with Crippen LogP contribution < -0.4 is 0 Å². The predicted octanol–water partition coefficient (Wildman–Crippen LogP) is 5.02. The van der Waals surface area contributed by atoms with Crippen LogP contribution in [0.1, 0.15) is 42.7 Å². The molecule has 0 amide bonds. The molecule has 2 aromatic rings. The number of nitrogens with zero attached hydrogens (tertiary/aromatic N) is 1. The van der Waals surface area contributed by atoms with Crippen LogP contribution in [0, 0.1) is 5.92 Å². The van der Waals surface area contributed by atoms with Crippen LogP contribution in [0.3, 0.4) is 0 Å². The molecule has 0 atom stereocenters. The predicted molar refractivity (Wildman–Crippen MR) is 86.3 cm³/mol. The largest absolute Gasteiger partial charge is 0.265 e. The summed E-state index contributed by atoms with van der Waals surface area (Å²) in [5, 5.41) is 0. The monoisotopic (exact) mass is 287 g/mol. The second kappa shape index (κ2) is 7.44. The molecule has 3 rings (SSSR count). The summed E-state index contributed by atoms with van der Waals surface area (Å²) in [5.74, 6) is 1.65. The van der Waals surface area contributed by atoms with Gasteiger partial charge >= 0.3 is 0 Å². The molecule has 0 radical (unpaired) electrons. The van der Waals surface area contributed by atoms with E-state index in [1.165, 1.54) is 43.2 Å². The molecule has 106 valence electrons. The molecule has 1 heterocycles. The molecule has 0 unspecified atom stereocenters. The van der Waals surface area contributed by atoms with Crippen LogP contribution in [0.4, 0.5) is 0 Å². The van der Waals surface area contributed by atoms with Crippen LogP contribution >= 0.6 is 12.4 Å². The van der Waals surface area contributed by atoms with E-state index in [-0.39, 0.29) is 12.4 Å². The summed E-state index contributed by atoms with van der Waals surface area (Å²) in [6.07, 6.45) is 10.5. The Morgan fingerprint density at radius 1 is 0.850 bits per heavy atom. The van der Waals surface area contributed by atoms with E-state index in [9.17, 15) is 0 Å². The summed E-state index contributed by atoms with van der Waals surface area (Å²) in [7, 11) is 0. The van der Waals surface area contributed by atoms with Crippen LogP contribution in [0.5, 0.6) is 0 Å². The van der Waals surface area contributed by atoms with Crippen molar-refractivity contribution >= 4 is 12.4 Å². The molecule has 1 nitrogen and oxygen atoms in total. The van der Waals surface area contributed by atoms with Crippen LogP contribution in [-0.2, 0) is 6.42 Å². The quantitative estimate of drug-likeness (QED) is 0.772. The van der Waals surface area contributed by atoms with Crippen molar-refractivity contribution < 1.29 is 0 Å². The molecule has 1 saturated carbocycles. The van der Waals surface area contributed by atoms with Crippen molar-refractivity contribution in [2.75, 3.05) is 0 Å². The minimum atomic E-state index is 0. The van der Waals surface area contributed by atoms with Gasteiger partial charge in [-0.1, -0.05) is 30.3 Å². The summed E-state index contributed by atoms with van der Waals surface area (Å²) >= 11 is 0. The van der Waals surface area contributed by atoms with E-state index in [1.54, 1.807) is 0 Å². The Bertz CT molecular complexity index is 489. The van der Waals surface area contributed by atoms with Gasteiger partial charge in [0.2, 0.25) is 0 Å². The van der Waals surface area contributed by atoms with Gasteiger partial charge in [-0.05, 0) is 67.2 Å². The number of aromatic nitrogens is 1. The fourth-order valence-electron chi connectivity index (χ4n) is 3.28. The highest BCUT2D eigenvalue weighted by Crippen LogP contribution is 2.36. The molecule has 1 fully saturated rings. The van der Waals surface area contributed by atoms with Gasteiger partial charge in [-0.3, -0.25) is 4.98 Å². The van der Waals surface area contributed by atoms with Crippen molar-refractivity contribution in [1.82, 2.24) is 4.98 Å². The highest BCUT2D eigenvalue weighted by Gasteiger charge is 2.22. The van der Waals surface area contributed by atoms with E-state index >= 15 is 0 Å². The molecular formula is C18H22ClN. The van der Waals surface area contributed by atoms with E-state index in [1.807, 2.05) is 12.4 Å². The fraction of sp³-hybridized carbons (Fsp3) is 0.389. The Morgan fingerprint density at radius 2 is 1.50 bits per heavy atom. The van der Waals surface area contributed by atoms with E-state index in [0.717, 1.165) is 11.8 Å². The first kappa shape index (κ1) is 15.1. The zero-order valence-electron chi connectivity index (χ0n) is 11.7. The lowest BCUT2D eigenvalue weighted by Gasteiger charge is -2.28. The number of rotatable bonds is 3. The number of hydrogen-bond donors (Lipinski definition) is 0. The van der Waals surface area contributed by atoms with Gasteiger partial charge in [0.05, 0.1) is 0 Å². The molecule has 0 spiro atoms. The molecule has 0 aliphatic heterocycles. The Labute approximate surface area is 127 Å². The van der Waals surface area contributed by atoms with E-state index < -0.39 is 0 Å². The Balaban J connectivity index is 0.00000147. The van der Waals surface area contributed by atoms with Crippen LogP contribution in [0.2, 0.25) is 0 Å². The van der Waals surface area contributed by atoms with Crippen LogP contribution in [0.25, 0.3) is 0 Å². The molecule has 1 aliphatic carbocycles. The zero-order valence-corrected chi connectivity index (χ0v) is 12.6. The van der Waals surface area contributed by atoms with E-state index in [2.05, 4.69) is 47.4 Å². The lowest BCUT2D eigenvalue weighted by Crippen LogP contribution is -2.15. The minimum Gasteiger partial charge on any atom is -0.265 e. The second-order valence-electron chi connectivity index (χ2n) is 5.69. The molecule has 0 bridgehead atoms. The van der Waals surface area contributed by atoms with Crippen molar-refractivity contribution in [3.63, 3.8) is 0 Å². The van der Waals surface area contributed by atoms with Gasteiger partial charge in [0.15, 0.2) is 0 Å². The first-order valence-electron chi connectivity index (χ1n) is 7.35. The average Bonchev–Trinajstić information content (AvgIpc) is 2.50. The first-order chi connectivity index (χ1) is 9.42. The van der Waals surface area contributed by atoms with Crippen molar-refractivity contribution in [2.45, 2.75) is 38.0 Å². The molecule has 2 heteroatoms. The summed E-state index contributed by atoms with van der Waals surface area (Å²) in [6, 6.07) is 15.3. The lowest BCUT2D eigenvalue weighted by molar-refractivity contribution is 0.324. The van der Waals surface area contributed by atoms with Crippen molar-refractivity contribution in [1.29, 1.82) is 0 Å². The number of halogens is 1. The maximum Gasteiger partial charge on any atom is 0.0270 e. The van der Waals surface area contributed by atoms with Crippen molar-refractivity contribution in [2.24, 2.45) is 5.92 Å². The third-order valence-electron chi connectivity index (χ3n) is 4.39. The standard InChI is InChI=1S/C18H21N.ClH/c1-2-4-17(5-3-1)18-8-6-15(7-9-18)14-16-10-12-19-13-11-16;/h1-5,10-13,15,18H,6-9,14H2;1H/t15-,18+;. The molecule has 0 N–H and O–H groups in total. The normalized spacial score (nSPS) is 22.0. The van der Waals surface area contributed by atoms with Gasteiger partial charge in [-0.25, -0.2) is 0 Å². The summed E-state index contributed by atoms with van der Waals surface area (Å²) in [6.45, 7) is 0. The lowest BCUT2D eigenvalue weighted by atomic mass is 9.77. The molecule has 0 saturated heterocycles. The number of benzene rings is 1. The van der Waals surface area contributed by atoms with Gasteiger partial charge in [0, 0.05) is 12.4 Å². The fourth-order valence-corrected chi connectivity index (χ4v) is 3.28. The second-order valence-corrected chi connectivity index (χ2v) is 5.69. The Morgan fingerprint density at radius 3 is 2.15 bits per heavy atom. The van der Waals surface area contributed by atoms with Gasteiger partial charge in [-0.2, -0.15) is 0 Å². The average molecular weight is 288 g/mol. The van der Waals surface area contributed by atoms with Crippen molar-refractivity contribution in [3.8, 4) is 0 Å². The SMILES string of the molecule is Cl.c1ccc([C@H]2CC[C@@H](Cc3ccncc3)CC2)cc1. The molecule has 20 heavy (non-hydrogen) atoms. The van der Waals surface area contributed by atoms with Crippen LogP contribution in [-0.4, -0.2) is 4.98 Å². The summed E-state index contributed by atoms with van der Waals surface area (Å²) in [5.41, 5.74) is 2.98. The maximum absolute atomic E-state index is 4.09.